The lowest BCUT2D eigenvalue weighted by atomic mass is 10.4. The van der Waals surface area contributed by atoms with Gasteiger partial charge < -0.3 is 15.4 Å². The molecule has 21 heavy (non-hydrogen) atoms. The highest BCUT2D eigenvalue weighted by Crippen LogP contribution is 2.10. The van der Waals surface area contributed by atoms with Crippen LogP contribution in [0.25, 0.3) is 0 Å². The van der Waals surface area contributed by atoms with Crippen molar-refractivity contribution in [2.45, 2.75) is 19.8 Å². The van der Waals surface area contributed by atoms with Gasteiger partial charge in [0.05, 0.1) is 13.0 Å². The van der Waals surface area contributed by atoms with Crippen LogP contribution in [0, 0.1) is 0 Å². The van der Waals surface area contributed by atoms with Crippen molar-refractivity contribution in [2.75, 3.05) is 32.8 Å². The molecule has 0 aromatic carbocycles. The lowest BCUT2D eigenvalue weighted by molar-refractivity contribution is -0.142. The summed E-state index contributed by atoms with van der Waals surface area (Å²) in [6, 6.07) is -0.207. The number of carbonyl (C=O) groups is 2. The van der Waals surface area contributed by atoms with Crippen LogP contribution in [0.1, 0.15) is 19.8 Å². The zero-order chi connectivity index (χ0) is 15.7. The van der Waals surface area contributed by atoms with Crippen LogP contribution in [0.5, 0.6) is 0 Å². The number of rotatable bonds is 6. The van der Waals surface area contributed by atoms with E-state index < -0.39 is 0 Å². The smallest absolute Gasteiger partial charge is 0.336 e. The van der Waals surface area contributed by atoms with E-state index in [0.717, 1.165) is 6.42 Å². The number of urea groups is 1. The molecule has 0 bridgehead atoms. The van der Waals surface area contributed by atoms with Gasteiger partial charge in [-0.3, -0.25) is 9.80 Å². The second kappa shape index (κ2) is 9.17. The van der Waals surface area contributed by atoms with E-state index in [4.69, 9.17) is 17.0 Å². The standard InChI is InChI=1S/C13H22N4O3S/c1-3-7-14-12(19)16-9-5-10-17(16)13(21)15-8-6-11(18)20-4-2/h3H,1,4-10H2,2H3,(H,14,19)(H,15,21). The fourth-order valence-corrected chi connectivity index (χ4v) is 2.17. The fourth-order valence-electron chi connectivity index (χ4n) is 1.88. The maximum absolute atomic E-state index is 12.0. The molecule has 0 saturated carbocycles. The normalized spacial score (nSPS) is 13.8. The Kier molecular flexibility index (Phi) is 7.52. The Morgan fingerprint density at radius 1 is 1.33 bits per heavy atom. The fraction of sp³-hybridized carbons (Fsp3) is 0.615. The first-order valence-corrected chi connectivity index (χ1v) is 7.38. The van der Waals surface area contributed by atoms with Gasteiger partial charge in [-0.05, 0) is 25.6 Å². The number of hydrazine groups is 1. The molecule has 0 unspecified atom stereocenters. The number of amides is 2. The number of esters is 1. The molecule has 0 spiro atoms. The van der Waals surface area contributed by atoms with Crippen molar-refractivity contribution in [3.63, 3.8) is 0 Å². The third kappa shape index (κ3) is 5.58. The Hall–Kier alpha value is -1.83. The van der Waals surface area contributed by atoms with Crippen LogP contribution in [0.15, 0.2) is 12.7 Å². The van der Waals surface area contributed by atoms with Crippen LogP contribution < -0.4 is 10.6 Å². The van der Waals surface area contributed by atoms with Crippen molar-refractivity contribution in [1.82, 2.24) is 20.7 Å². The van der Waals surface area contributed by atoms with Crippen LogP contribution in [0.3, 0.4) is 0 Å². The van der Waals surface area contributed by atoms with Crippen molar-refractivity contribution >= 4 is 29.3 Å². The van der Waals surface area contributed by atoms with Crippen molar-refractivity contribution in [3.8, 4) is 0 Å². The van der Waals surface area contributed by atoms with E-state index >= 15 is 0 Å². The van der Waals surface area contributed by atoms with E-state index in [0.29, 0.717) is 37.9 Å². The van der Waals surface area contributed by atoms with Crippen LogP contribution in [-0.2, 0) is 9.53 Å². The SMILES string of the molecule is C=CCNC(=O)N1CCCN1C(=S)NCCC(=O)OCC. The molecular weight excluding hydrogens is 292 g/mol. The summed E-state index contributed by atoms with van der Waals surface area (Å²) in [7, 11) is 0. The van der Waals surface area contributed by atoms with Crippen molar-refractivity contribution in [2.24, 2.45) is 0 Å². The van der Waals surface area contributed by atoms with Gasteiger partial charge in [-0.1, -0.05) is 6.08 Å². The molecule has 1 heterocycles. The van der Waals surface area contributed by atoms with E-state index in [-0.39, 0.29) is 18.4 Å². The first kappa shape index (κ1) is 17.2. The Morgan fingerprint density at radius 3 is 2.71 bits per heavy atom. The Morgan fingerprint density at radius 2 is 2.05 bits per heavy atom. The first-order chi connectivity index (χ1) is 10.1. The molecule has 0 atom stereocenters. The summed E-state index contributed by atoms with van der Waals surface area (Å²) in [6.07, 6.45) is 2.71. The van der Waals surface area contributed by atoms with Gasteiger partial charge in [-0.25, -0.2) is 9.80 Å². The summed E-state index contributed by atoms with van der Waals surface area (Å²) in [4.78, 5) is 23.2. The number of nitrogens with one attached hydrogen (secondary N) is 2. The molecule has 0 aliphatic carbocycles. The van der Waals surface area contributed by atoms with E-state index in [9.17, 15) is 9.59 Å². The van der Waals surface area contributed by atoms with Crippen LogP contribution in [0.2, 0.25) is 0 Å². The van der Waals surface area contributed by atoms with Gasteiger partial charge in [0.2, 0.25) is 0 Å². The minimum atomic E-state index is -0.269. The number of hydrogen-bond donors (Lipinski definition) is 2. The molecule has 2 N–H and O–H groups in total. The summed E-state index contributed by atoms with van der Waals surface area (Å²) >= 11 is 5.26. The van der Waals surface area contributed by atoms with Crippen LogP contribution >= 0.6 is 12.2 Å². The molecule has 1 saturated heterocycles. The quantitative estimate of drug-likeness (QED) is 0.426. The predicted molar refractivity (Wildman–Crippen MR) is 83.5 cm³/mol. The third-order valence-electron chi connectivity index (χ3n) is 2.81. The minimum absolute atomic E-state index is 0.207. The number of ether oxygens (including phenoxy) is 1. The molecule has 0 aromatic rings. The van der Waals surface area contributed by atoms with Gasteiger partial charge in [0.25, 0.3) is 0 Å². The Balaban J connectivity index is 2.39. The number of thiocarbonyl (C=S) groups is 1. The number of hydrogen-bond acceptors (Lipinski definition) is 4. The second-order valence-electron chi connectivity index (χ2n) is 4.36. The summed E-state index contributed by atoms with van der Waals surface area (Å²) in [5, 5.41) is 9.39. The summed E-state index contributed by atoms with van der Waals surface area (Å²) in [5.74, 6) is -0.269. The lowest BCUT2D eigenvalue weighted by Crippen LogP contribution is -2.52. The van der Waals surface area contributed by atoms with E-state index in [1.165, 1.54) is 0 Å². The predicted octanol–water partition coefficient (Wildman–Crippen LogP) is 0.632. The molecular formula is C13H22N4O3S. The maximum atomic E-state index is 12.0. The third-order valence-corrected chi connectivity index (χ3v) is 3.16. The summed E-state index contributed by atoms with van der Waals surface area (Å²) in [6.45, 7) is 7.77. The molecule has 7 nitrogen and oxygen atoms in total. The molecule has 0 aromatic heterocycles. The van der Waals surface area contributed by atoms with Gasteiger partial charge in [-0.15, -0.1) is 6.58 Å². The van der Waals surface area contributed by atoms with E-state index in [2.05, 4.69) is 17.2 Å². The number of carbonyl (C=O) groups excluding carboxylic acids is 2. The molecule has 118 valence electrons. The highest BCUT2D eigenvalue weighted by Gasteiger charge is 2.28. The highest BCUT2D eigenvalue weighted by molar-refractivity contribution is 7.80. The topological polar surface area (TPSA) is 73.9 Å². The molecule has 8 heteroatoms. The molecule has 0 radical (unpaired) electrons. The number of nitrogens with zero attached hydrogens (tertiary/aromatic N) is 2. The highest BCUT2D eigenvalue weighted by atomic mass is 32.1. The molecule has 2 amide bonds. The van der Waals surface area contributed by atoms with Crippen molar-refractivity contribution < 1.29 is 14.3 Å². The molecule has 1 aliphatic rings. The maximum Gasteiger partial charge on any atom is 0.336 e. The summed E-state index contributed by atoms with van der Waals surface area (Å²) < 4.78 is 4.83. The lowest BCUT2D eigenvalue weighted by Gasteiger charge is -2.30. The van der Waals surface area contributed by atoms with E-state index in [1.807, 2.05) is 0 Å². The summed E-state index contributed by atoms with van der Waals surface area (Å²) in [5.41, 5.74) is 0. The van der Waals surface area contributed by atoms with Crippen molar-refractivity contribution in [3.05, 3.63) is 12.7 Å². The van der Waals surface area contributed by atoms with Gasteiger partial charge in [-0.2, -0.15) is 0 Å². The van der Waals surface area contributed by atoms with Crippen LogP contribution in [-0.4, -0.2) is 59.9 Å². The zero-order valence-electron chi connectivity index (χ0n) is 12.3. The van der Waals surface area contributed by atoms with Gasteiger partial charge in [0.15, 0.2) is 5.11 Å². The van der Waals surface area contributed by atoms with Crippen molar-refractivity contribution in [1.29, 1.82) is 0 Å². The average molecular weight is 314 g/mol. The minimum Gasteiger partial charge on any atom is -0.466 e. The first-order valence-electron chi connectivity index (χ1n) is 6.97. The van der Waals surface area contributed by atoms with E-state index in [1.54, 1.807) is 23.0 Å². The van der Waals surface area contributed by atoms with Gasteiger partial charge >= 0.3 is 12.0 Å². The van der Waals surface area contributed by atoms with Crippen LogP contribution in [0.4, 0.5) is 4.79 Å². The van der Waals surface area contributed by atoms with Gasteiger partial charge in [0, 0.05) is 26.2 Å². The monoisotopic (exact) mass is 314 g/mol. The van der Waals surface area contributed by atoms with Gasteiger partial charge in [0.1, 0.15) is 0 Å². The Bertz CT molecular complexity index is 403. The molecule has 1 fully saturated rings. The average Bonchev–Trinajstić information content (AvgIpc) is 2.94. The second-order valence-corrected chi connectivity index (χ2v) is 4.75. The zero-order valence-corrected chi connectivity index (χ0v) is 13.1. The molecule has 1 aliphatic heterocycles. The largest absolute Gasteiger partial charge is 0.466 e. The Labute approximate surface area is 130 Å². The molecule has 1 rings (SSSR count).